The lowest BCUT2D eigenvalue weighted by Gasteiger charge is -2.27. The predicted molar refractivity (Wildman–Crippen MR) is 76.4 cm³/mol. The summed E-state index contributed by atoms with van der Waals surface area (Å²) in [6.45, 7) is 1.17. The maximum absolute atomic E-state index is 12.4. The minimum Gasteiger partial charge on any atom is -0.313 e. The third-order valence-electron chi connectivity index (χ3n) is 3.90. The minimum absolute atomic E-state index is 0.0340. The fraction of sp³-hybridized carbons (Fsp3) is 0.467. The van der Waals surface area contributed by atoms with Crippen molar-refractivity contribution in [1.82, 2.24) is 9.96 Å². The van der Waals surface area contributed by atoms with Crippen molar-refractivity contribution >= 4 is 12.2 Å². The summed E-state index contributed by atoms with van der Waals surface area (Å²) < 4.78 is 0. The molecule has 0 spiro atoms. The van der Waals surface area contributed by atoms with E-state index in [1.165, 1.54) is 0 Å². The Kier molecular flexibility index (Phi) is 3.69. The van der Waals surface area contributed by atoms with Crippen LogP contribution in [0.15, 0.2) is 35.3 Å². The minimum atomic E-state index is -0.0340. The highest BCUT2D eigenvalue weighted by Gasteiger charge is 2.44. The van der Waals surface area contributed by atoms with Gasteiger partial charge < -0.3 is 4.90 Å². The van der Waals surface area contributed by atoms with Crippen LogP contribution in [0.3, 0.4) is 0 Å². The lowest BCUT2D eigenvalue weighted by Crippen LogP contribution is -2.40. The second kappa shape index (κ2) is 5.63. The first-order valence-electron chi connectivity index (χ1n) is 6.98. The molecular formula is C15H19N3O2. The normalized spacial score (nSPS) is 25.8. The first-order valence-corrected chi connectivity index (χ1v) is 6.98. The van der Waals surface area contributed by atoms with Crippen LogP contribution in [0, 0.1) is 0 Å². The van der Waals surface area contributed by atoms with Crippen LogP contribution in [-0.2, 0) is 11.4 Å². The van der Waals surface area contributed by atoms with Gasteiger partial charge in [0, 0.05) is 19.8 Å². The molecule has 0 N–H and O–H groups in total. The molecule has 106 valence electrons. The Morgan fingerprint density at radius 2 is 2.15 bits per heavy atom. The van der Waals surface area contributed by atoms with Gasteiger partial charge in [0.05, 0.1) is 12.1 Å². The van der Waals surface area contributed by atoms with E-state index < -0.39 is 0 Å². The predicted octanol–water partition coefficient (Wildman–Crippen LogP) is 2.09. The van der Waals surface area contributed by atoms with Crippen LogP contribution >= 0.6 is 0 Å². The summed E-state index contributed by atoms with van der Waals surface area (Å²) in [6.07, 6.45) is 3.78. The Bertz CT molecular complexity index is 503. The second-order valence-electron chi connectivity index (χ2n) is 5.23. The molecule has 2 atom stereocenters. The summed E-state index contributed by atoms with van der Waals surface area (Å²) in [6, 6.07) is 10.2. The van der Waals surface area contributed by atoms with Crippen LogP contribution in [0.4, 0.5) is 4.79 Å². The van der Waals surface area contributed by atoms with Gasteiger partial charge in [-0.1, -0.05) is 30.3 Å². The van der Waals surface area contributed by atoms with E-state index in [2.05, 4.69) is 4.99 Å². The van der Waals surface area contributed by atoms with E-state index in [1.807, 2.05) is 41.4 Å². The standard InChI is InChI=1S/C15H19N3O2/c1-16-9-13-7-8-14-10-17(13)15(19)18(14)20-11-12-5-3-2-4-6-12/h2-6,9,13-14H,7-8,10-11H2,1H3/b16-9+/t13-,14-/m0/s1. The largest absolute Gasteiger partial charge is 0.344 e. The zero-order valence-electron chi connectivity index (χ0n) is 11.6. The van der Waals surface area contributed by atoms with Gasteiger partial charge in [-0.3, -0.25) is 9.83 Å². The van der Waals surface area contributed by atoms with Crippen molar-refractivity contribution in [3.05, 3.63) is 35.9 Å². The second-order valence-corrected chi connectivity index (χ2v) is 5.23. The third kappa shape index (κ3) is 2.41. The van der Waals surface area contributed by atoms with Crippen LogP contribution in [-0.4, -0.2) is 47.9 Å². The summed E-state index contributed by atoms with van der Waals surface area (Å²) in [5.41, 5.74) is 1.07. The lowest BCUT2D eigenvalue weighted by molar-refractivity contribution is -0.140. The SMILES string of the molecule is C/N=C/[C@@H]1CC[C@H]2CN1C(=O)N2OCc1ccccc1. The Morgan fingerprint density at radius 1 is 1.35 bits per heavy atom. The van der Waals surface area contributed by atoms with Crippen LogP contribution in [0.5, 0.6) is 0 Å². The molecule has 0 aromatic heterocycles. The van der Waals surface area contributed by atoms with Gasteiger partial charge in [-0.25, -0.2) is 4.79 Å². The first kappa shape index (κ1) is 13.1. The van der Waals surface area contributed by atoms with E-state index in [-0.39, 0.29) is 18.1 Å². The number of hydrogen-bond donors (Lipinski definition) is 0. The van der Waals surface area contributed by atoms with Crippen molar-refractivity contribution in [3.8, 4) is 0 Å². The maximum Gasteiger partial charge on any atom is 0.344 e. The Balaban J connectivity index is 1.65. The number of carbonyl (C=O) groups is 1. The molecule has 2 heterocycles. The molecule has 2 bridgehead atoms. The van der Waals surface area contributed by atoms with Crippen LogP contribution < -0.4 is 0 Å². The number of aliphatic imine (C=N–C) groups is 1. The number of benzene rings is 1. The zero-order valence-corrected chi connectivity index (χ0v) is 11.6. The van der Waals surface area contributed by atoms with E-state index >= 15 is 0 Å². The molecule has 0 aliphatic carbocycles. The molecular weight excluding hydrogens is 254 g/mol. The van der Waals surface area contributed by atoms with Gasteiger partial charge in [-0.05, 0) is 18.4 Å². The summed E-state index contributed by atoms with van der Waals surface area (Å²) in [5, 5.41) is 1.55. The van der Waals surface area contributed by atoms with Gasteiger partial charge in [0.2, 0.25) is 0 Å². The van der Waals surface area contributed by atoms with Crippen molar-refractivity contribution in [3.63, 3.8) is 0 Å². The molecule has 5 heteroatoms. The quantitative estimate of drug-likeness (QED) is 0.788. The van der Waals surface area contributed by atoms with E-state index in [1.54, 1.807) is 12.1 Å². The number of rotatable bonds is 4. The van der Waals surface area contributed by atoms with E-state index in [0.29, 0.717) is 6.61 Å². The average molecular weight is 273 g/mol. The van der Waals surface area contributed by atoms with Crippen LogP contribution in [0.25, 0.3) is 0 Å². The van der Waals surface area contributed by atoms with E-state index in [4.69, 9.17) is 4.84 Å². The van der Waals surface area contributed by atoms with Crippen molar-refractivity contribution in [2.45, 2.75) is 31.5 Å². The molecule has 2 aliphatic rings. The van der Waals surface area contributed by atoms with Gasteiger partial charge in [-0.2, -0.15) is 5.06 Å². The topological polar surface area (TPSA) is 45.1 Å². The molecule has 2 fully saturated rings. The smallest absolute Gasteiger partial charge is 0.313 e. The van der Waals surface area contributed by atoms with Gasteiger partial charge in [0.1, 0.15) is 6.61 Å². The Morgan fingerprint density at radius 3 is 2.90 bits per heavy atom. The van der Waals surface area contributed by atoms with Gasteiger partial charge in [0.25, 0.3) is 0 Å². The summed E-state index contributed by atoms with van der Waals surface area (Å²) in [7, 11) is 1.75. The number of hydroxylamine groups is 2. The molecule has 3 rings (SSSR count). The van der Waals surface area contributed by atoms with Crippen LogP contribution in [0.1, 0.15) is 18.4 Å². The zero-order chi connectivity index (χ0) is 13.9. The maximum atomic E-state index is 12.4. The number of fused-ring (bicyclic) bond motifs is 2. The highest BCUT2D eigenvalue weighted by molar-refractivity contribution is 5.81. The van der Waals surface area contributed by atoms with Crippen molar-refractivity contribution in [2.24, 2.45) is 4.99 Å². The fourth-order valence-corrected chi connectivity index (χ4v) is 2.87. The van der Waals surface area contributed by atoms with Crippen LogP contribution in [0.2, 0.25) is 0 Å². The third-order valence-corrected chi connectivity index (χ3v) is 3.90. The van der Waals surface area contributed by atoms with Gasteiger partial charge in [0.15, 0.2) is 0 Å². The highest BCUT2D eigenvalue weighted by atomic mass is 16.7. The lowest BCUT2D eigenvalue weighted by atomic mass is 10.0. The number of hydrogen-bond acceptors (Lipinski definition) is 3. The number of nitrogens with zero attached hydrogens (tertiary/aromatic N) is 3. The van der Waals surface area contributed by atoms with E-state index in [9.17, 15) is 4.79 Å². The molecule has 2 amide bonds. The fourth-order valence-electron chi connectivity index (χ4n) is 2.87. The monoisotopic (exact) mass is 273 g/mol. The van der Waals surface area contributed by atoms with E-state index in [0.717, 1.165) is 24.9 Å². The van der Waals surface area contributed by atoms with Crippen molar-refractivity contribution < 1.29 is 9.63 Å². The molecule has 0 saturated carbocycles. The molecule has 2 aliphatic heterocycles. The van der Waals surface area contributed by atoms with Crippen molar-refractivity contribution in [1.29, 1.82) is 0 Å². The molecule has 0 radical (unpaired) electrons. The molecule has 2 saturated heterocycles. The highest BCUT2D eigenvalue weighted by Crippen LogP contribution is 2.29. The van der Waals surface area contributed by atoms with Crippen molar-refractivity contribution in [2.75, 3.05) is 13.6 Å². The number of amides is 2. The summed E-state index contributed by atoms with van der Waals surface area (Å²) in [4.78, 5) is 24.0. The Hall–Kier alpha value is -1.88. The number of piperidine rings is 1. The molecule has 1 aromatic carbocycles. The average Bonchev–Trinajstić information content (AvgIpc) is 2.73. The molecule has 5 nitrogen and oxygen atoms in total. The number of carbonyl (C=O) groups excluding carboxylic acids is 1. The molecule has 20 heavy (non-hydrogen) atoms. The molecule has 1 aromatic rings. The first-order chi connectivity index (χ1) is 9.79. The summed E-state index contributed by atoms with van der Waals surface area (Å²) in [5.74, 6) is 0. The number of urea groups is 1. The van der Waals surface area contributed by atoms with Gasteiger partial charge in [-0.15, -0.1) is 0 Å². The molecule has 0 unspecified atom stereocenters. The summed E-state index contributed by atoms with van der Waals surface area (Å²) >= 11 is 0. The van der Waals surface area contributed by atoms with Gasteiger partial charge >= 0.3 is 6.03 Å². The Labute approximate surface area is 118 Å².